The fourth-order valence-corrected chi connectivity index (χ4v) is 1.63. The van der Waals surface area contributed by atoms with Gasteiger partial charge in [-0.25, -0.2) is 0 Å². The Morgan fingerprint density at radius 3 is 2.41 bits per heavy atom. The van der Waals surface area contributed by atoms with Crippen LogP contribution < -0.4 is 5.32 Å². The van der Waals surface area contributed by atoms with Crippen molar-refractivity contribution in [2.75, 3.05) is 6.61 Å². The molecule has 0 aromatic heterocycles. The van der Waals surface area contributed by atoms with Crippen LogP contribution in [0, 0.1) is 0 Å². The summed E-state index contributed by atoms with van der Waals surface area (Å²) in [5, 5.41) is 12.0. The van der Waals surface area contributed by atoms with Crippen molar-refractivity contribution < 1.29 is 9.90 Å². The molecule has 0 saturated heterocycles. The van der Waals surface area contributed by atoms with Gasteiger partial charge in [-0.15, -0.1) is 0 Å². The normalized spacial score (nSPS) is 13.2. The lowest BCUT2D eigenvalue weighted by Gasteiger charge is -2.26. The molecular formula is C14H21NO2. The van der Waals surface area contributed by atoms with Crippen molar-refractivity contribution in [2.45, 2.75) is 38.6 Å². The number of aliphatic hydroxyl groups excluding tert-OH is 1. The summed E-state index contributed by atoms with van der Waals surface area (Å²) in [5.41, 5.74) is 0.398. The van der Waals surface area contributed by atoms with E-state index in [9.17, 15) is 4.79 Å². The molecule has 1 rings (SSSR count). The first kappa shape index (κ1) is 13.7. The van der Waals surface area contributed by atoms with Crippen LogP contribution in [-0.4, -0.2) is 23.7 Å². The molecule has 1 aromatic carbocycles. The molecule has 1 aromatic rings. The third kappa shape index (κ3) is 3.30. The first-order valence-corrected chi connectivity index (χ1v) is 5.99. The molecule has 0 aliphatic heterocycles. The fraction of sp³-hybridized carbons (Fsp3) is 0.500. The molecule has 94 valence electrons. The Morgan fingerprint density at radius 2 is 1.94 bits per heavy atom. The Kier molecular flexibility index (Phi) is 4.70. The fourth-order valence-electron chi connectivity index (χ4n) is 1.63. The monoisotopic (exact) mass is 235 g/mol. The predicted molar refractivity (Wildman–Crippen MR) is 68.8 cm³/mol. The van der Waals surface area contributed by atoms with Crippen LogP contribution in [-0.2, 0) is 10.2 Å². The Labute approximate surface area is 103 Å². The van der Waals surface area contributed by atoms with Crippen molar-refractivity contribution in [3.05, 3.63) is 35.9 Å². The van der Waals surface area contributed by atoms with Gasteiger partial charge in [0.25, 0.3) is 0 Å². The predicted octanol–water partition coefficient (Wildman–Crippen LogP) is 1.85. The molecular weight excluding hydrogens is 214 g/mol. The highest BCUT2D eigenvalue weighted by Gasteiger charge is 2.30. The molecule has 3 heteroatoms. The average Bonchev–Trinajstić information content (AvgIpc) is 2.36. The standard InChI is InChI=1S/C14H21NO2/c1-4-12(10-16)15-13(17)14(2,3)11-8-6-5-7-9-11/h5-9,12,16H,4,10H2,1-3H3,(H,15,17). The molecule has 0 saturated carbocycles. The van der Waals surface area contributed by atoms with Crippen LogP contribution in [0.4, 0.5) is 0 Å². The summed E-state index contributed by atoms with van der Waals surface area (Å²) >= 11 is 0. The summed E-state index contributed by atoms with van der Waals surface area (Å²) in [7, 11) is 0. The van der Waals surface area contributed by atoms with Gasteiger partial charge in [-0.2, -0.15) is 0 Å². The number of nitrogens with one attached hydrogen (secondary N) is 1. The highest BCUT2D eigenvalue weighted by Crippen LogP contribution is 2.23. The summed E-state index contributed by atoms with van der Waals surface area (Å²) < 4.78 is 0. The zero-order valence-corrected chi connectivity index (χ0v) is 10.7. The molecule has 2 N–H and O–H groups in total. The van der Waals surface area contributed by atoms with Gasteiger partial charge in [-0.3, -0.25) is 4.79 Å². The highest BCUT2D eigenvalue weighted by atomic mass is 16.3. The molecule has 17 heavy (non-hydrogen) atoms. The molecule has 0 radical (unpaired) electrons. The third-order valence-corrected chi connectivity index (χ3v) is 3.11. The molecule has 0 fully saturated rings. The number of benzene rings is 1. The van der Waals surface area contributed by atoms with Gasteiger partial charge in [-0.05, 0) is 25.8 Å². The van der Waals surface area contributed by atoms with Crippen molar-refractivity contribution in [2.24, 2.45) is 0 Å². The minimum absolute atomic E-state index is 0.0207. The molecule has 1 atom stereocenters. The van der Waals surface area contributed by atoms with E-state index >= 15 is 0 Å². The molecule has 0 bridgehead atoms. The summed E-state index contributed by atoms with van der Waals surface area (Å²) in [6, 6.07) is 9.51. The van der Waals surface area contributed by atoms with E-state index in [2.05, 4.69) is 5.32 Å². The lowest BCUT2D eigenvalue weighted by molar-refractivity contribution is -0.126. The minimum atomic E-state index is -0.580. The van der Waals surface area contributed by atoms with E-state index in [0.717, 1.165) is 12.0 Å². The number of carbonyl (C=O) groups is 1. The van der Waals surface area contributed by atoms with Crippen LogP contribution >= 0.6 is 0 Å². The van der Waals surface area contributed by atoms with E-state index in [0.29, 0.717) is 0 Å². The molecule has 0 heterocycles. The Hall–Kier alpha value is -1.35. The van der Waals surface area contributed by atoms with Gasteiger partial charge in [0.05, 0.1) is 18.1 Å². The largest absolute Gasteiger partial charge is 0.394 e. The highest BCUT2D eigenvalue weighted by molar-refractivity contribution is 5.87. The first-order chi connectivity index (χ1) is 8.02. The topological polar surface area (TPSA) is 49.3 Å². The first-order valence-electron chi connectivity index (χ1n) is 5.99. The van der Waals surface area contributed by atoms with Crippen molar-refractivity contribution in [3.63, 3.8) is 0 Å². The maximum Gasteiger partial charge on any atom is 0.230 e. The zero-order chi connectivity index (χ0) is 12.9. The number of hydrogen-bond donors (Lipinski definition) is 2. The second-order valence-electron chi connectivity index (χ2n) is 4.75. The average molecular weight is 235 g/mol. The summed E-state index contributed by atoms with van der Waals surface area (Å²) in [6.07, 6.45) is 0.729. The molecule has 1 amide bonds. The number of aliphatic hydroxyl groups is 1. The third-order valence-electron chi connectivity index (χ3n) is 3.11. The smallest absolute Gasteiger partial charge is 0.230 e. The maximum absolute atomic E-state index is 12.2. The van der Waals surface area contributed by atoms with Gasteiger partial charge in [0.15, 0.2) is 0 Å². The minimum Gasteiger partial charge on any atom is -0.394 e. The van der Waals surface area contributed by atoms with E-state index in [1.165, 1.54) is 0 Å². The van der Waals surface area contributed by atoms with Gasteiger partial charge in [0.2, 0.25) is 5.91 Å². The van der Waals surface area contributed by atoms with Gasteiger partial charge < -0.3 is 10.4 Å². The Morgan fingerprint density at radius 1 is 1.35 bits per heavy atom. The van der Waals surface area contributed by atoms with Crippen LogP contribution in [0.2, 0.25) is 0 Å². The van der Waals surface area contributed by atoms with Crippen LogP contribution in [0.25, 0.3) is 0 Å². The van der Waals surface area contributed by atoms with E-state index in [1.54, 1.807) is 0 Å². The van der Waals surface area contributed by atoms with Crippen molar-refractivity contribution >= 4 is 5.91 Å². The second-order valence-corrected chi connectivity index (χ2v) is 4.75. The van der Waals surface area contributed by atoms with E-state index in [-0.39, 0.29) is 18.6 Å². The van der Waals surface area contributed by atoms with Crippen molar-refractivity contribution in [1.82, 2.24) is 5.32 Å². The van der Waals surface area contributed by atoms with Gasteiger partial charge in [-0.1, -0.05) is 37.3 Å². The van der Waals surface area contributed by atoms with Gasteiger partial charge >= 0.3 is 0 Å². The van der Waals surface area contributed by atoms with Crippen molar-refractivity contribution in [1.29, 1.82) is 0 Å². The second kappa shape index (κ2) is 5.82. The number of carbonyl (C=O) groups excluding carboxylic acids is 1. The molecule has 0 aliphatic carbocycles. The lowest BCUT2D eigenvalue weighted by Crippen LogP contribution is -2.46. The summed E-state index contributed by atoms with van der Waals surface area (Å²) in [5.74, 6) is -0.0513. The van der Waals surface area contributed by atoms with Gasteiger partial charge in [0.1, 0.15) is 0 Å². The van der Waals surface area contributed by atoms with Crippen LogP contribution in [0.1, 0.15) is 32.8 Å². The molecule has 0 aliphatic rings. The van der Waals surface area contributed by atoms with Crippen LogP contribution in [0.5, 0.6) is 0 Å². The van der Waals surface area contributed by atoms with Crippen molar-refractivity contribution in [3.8, 4) is 0 Å². The molecule has 3 nitrogen and oxygen atoms in total. The lowest BCUT2D eigenvalue weighted by atomic mass is 9.83. The number of rotatable bonds is 5. The van der Waals surface area contributed by atoms with Gasteiger partial charge in [0, 0.05) is 0 Å². The van der Waals surface area contributed by atoms with Crippen LogP contribution in [0.15, 0.2) is 30.3 Å². The maximum atomic E-state index is 12.2. The Balaban J connectivity index is 2.80. The molecule has 0 spiro atoms. The SMILES string of the molecule is CCC(CO)NC(=O)C(C)(C)c1ccccc1. The number of amides is 1. The van der Waals surface area contributed by atoms with E-state index in [1.807, 2.05) is 51.1 Å². The zero-order valence-electron chi connectivity index (χ0n) is 10.7. The quantitative estimate of drug-likeness (QED) is 0.818. The molecule has 1 unspecified atom stereocenters. The number of hydrogen-bond acceptors (Lipinski definition) is 2. The summed E-state index contributed by atoms with van der Waals surface area (Å²) in [4.78, 5) is 12.2. The van der Waals surface area contributed by atoms with E-state index < -0.39 is 5.41 Å². The summed E-state index contributed by atoms with van der Waals surface area (Å²) in [6.45, 7) is 5.70. The van der Waals surface area contributed by atoms with E-state index in [4.69, 9.17) is 5.11 Å². The Bertz CT molecular complexity index is 356. The van der Waals surface area contributed by atoms with Crippen LogP contribution in [0.3, 0.4) is 0 Å².